The molecule has 3 rings (SSSR count). The van der Waals surface area contributed by atoms with Gasteiger partial charge in [-0.25, -0.2) is 4.98 Å². The molecule has 3 heterocycles. The van der Waals surface area contributed by atoms with Crippen LogP contribution in [0.5, 0.6) is 0 Å². The Hall–Kier alpha value is -1.54. The van der Waals surface area contributed by atoms with Crippen molar-refractivity contribution < 1.29 is 22.7 Å². The van der Waals surface area contributed by atoms with Crippen molar-refractivity contribution in [2.24, 2.45) is 0 Å². The fourth-order valence-corrected chi connectivity index (χ4v) is 3.17. The normalized spacial score (nSPS) is 23.2. The first-order chi connectivity index (χ1) is 10.9. The van der Waals surface area contributed by atoms with Crippen molar-refractivity contribution in [3.63, 3.8) is 0 Å². The maximum absolute atomic E-state index is 12.6. The summed E-state index contributed by atoms with van der Waals surface area (Å²) < 4.78 is 42.9. The van der Waals surface area contributed by atoms with Gasteiger partial charge in [0.15, 0.2) is 0 Å². The third kappa shape index (κ3) is 3.37. The molecule has 23 heavy (non-hydrogen) atoms. The zero-order valence-electron chi connectivity index (χ0n) is 12.1. The van der Waals surface area contributed by atoms with Crippen LogP contribution in [0.4, 0.5) is 19.0 Å². The molecule has 2 aliphatic heterocycles. The lowest BCUT2D eigenvalue weighted by Gasteiger charge is -2.37. The summed E-state index contributed by atoms with van der Waals surface area (Å²) in [5, 5.41) is -0.0199. The van der Waals surface area contributed by atoms with E-state index >= 15 is 0 Å². The lowest BCUT2D eigenvalue weighted by Crippen LogP contribution is -2.52. The number of esters is 1. The van der Waals surface area contributed by atoms with Crippen molar-refractivity contribution in [1.82, 2.24) is 9.88 Å². The van der Waals surface area contributed by atoms with E-state index in [0.717, 1.165) is 12.3 Å². The molecule has 1 aromatic rings. The Bertz CT molecular complexity index is 603. The summed E-state index contributed by atoms with van der Waals surface area (Å²) in [5.41, 5.74) is -0.862. The van der Waals surface area contributed by atoms with E-state index in [1.807, 2.05) is 9.80 Å². The molecule has 0 radical (unpaired) electrons. The van der Waals surface area contributed by atoms with Gasteiger partial charge in [0.05, 0.1) is 17.2 Å². The monoisotopic (exact) mass is 349 g/mol. The third-order valence-corrected chi connectivity index (χ3v) is 4.39. The Morgan fingerprint density at radius 1 is 1.26 bits per heavy atom. The summed E-state index contributed by atoms with van der Waals surface area (Å²) in [5.74, 6) is 0.137. The summed E-state index contributed by atoms with van der Waals surface area (Å²) in [6.45, 7) is 2.75. The Balaban J connectivity index is 1.67. The molecule has 5 nitrogen and oxygen atoms in total. The molecule has 0 bridgehead atoms. The van der Waals surface area contributed by atoms with Crippen molar-refractivity contribution >= 4 is 23.4 Å². The second kappa shape index (κ2) is 6.16. The van der Waals surface area contributed by atoms with Crippen LogP contribution in [0.15, 0.2) is 12.3 Å². The SMILES string of the molecule is O=C1OCC[C@@H]1N1CCN(c2ncc(C(F)(F)F)cc2Cl)CC1. The van der Waals surface area contributed by atoms with E-state index < -0.39 is 11.7 Å². The highest BCUT2D eigenvalue weighted by molar-refractivity contribution is 6.33. The van der Waals surface area contributed by atoms with E-state index in [0.29, 0.717) is 45.0 Å². The summed E-state index contributed by atoms with van der Waals surface area (Å²) >= 11 is 5.96. The first-order valence-electron chi connectivity index (χ1n) is 7.24. The van der Waals surface area contributed by atoms with Crippen LogP contribution in [0, 0.1) is 0 Å². The van der Waals surface area contributed by atoms with Gasteiger partial charge in [0.25, 0.3) is 0 Å². The molecular weight excluding hydrogens is 335 g/mol. The summed E-state index contributed by atoms with van der Waals surface area (Å²) in [7, 11) is 0. The van der Waals surface area contributed by atoms with Crippen LogP contribution in [0.2, 0.25) is 5.02 Å². The number of halogens is 4. The molecule has 0 amide bonds. The fourth-order valence-electron chi connectivity index (χ4n) is 2.88. The standard InChI is InChI=1S/C14H15ClF3N3O2/c15-10-7-9(14(16,17)18)8-19-12(10)21-4-2-20(3-5-21)11-1-6-23-13(11)22/h7-8,11H,1-6H2/t11-/m0/s1. The Morgan fingerprint density at radius 3 is 2.48 bits per heavy atom. The average molecular weight is 350 g/mol. The number of carbonyl (C=O) groups is 1. The number of piperazine rings is 1. The van der Waals surface area contributed by atoms with E-state index in [1.165, 1.54) is 0 Å². The summed E-state index contributed by atoms with van der Waals surface area (Å²) in [4.78, 5) is 19.3. The molecule has 9 heteroatoms. The third-order valence-electron chi connectivity index (χ3n) is 4.11. The molecule has 0 aliphatic carbocycles. The molecule has 0 unspecified atom stereocenters. The van der Waals surface area contributed by atoms with E-state index in [2.05, 4.69) is 4.98 Å². The average Bonchev–Trinajstić information content (AvgIpc) is 2.93. The second-order valence-electron chi connectivity index (χ2n) is 5.52. The zero-order chi connectivity index (χ0) is 16.6. The summed E-state index contributed by atoms with van der Waals surface area (Å²) in [6.07, 6.45) is -2.99. The van der Waals surface area contributed by atoms with E-state index in [4.69, 9.17) is 16.3 Å². The highest BCUT2D eigenvalue weighted by atomic mass is 35.5. The summed E-state index contributed by atoms with van der Waals surface area (Å²) in [6, 6.07) is 0.679. The smallest absolute Gasteiger partial charge is 0.417 e. The number of aromatic nitrogens is 1. The number of ether oxygens (including phenoxy) is 1. The van der Waals surface area contributed by atoms with E-state index in [1.54, 1.807) is 0 Å². The van der Waals surface area contributed by atoms with Gasteiger partial charge in [0.1, 0.15) is 11.9 Å². The quantitative estimate of drug-likeness (QED) is 0.766. The number of hydrogen-bond acceptors (Lipinski definition) is 5. The van der Waals surface area contributed by atoms with Gasteiger partial charge in [0.2, 0.25) is 0 Å². The van der Waals surface area contributed by atoms with Crippen molar-refractivity contribution in [1.29, 1.82) is 0 Å². The van der Waals surface area contributed by atoms with E-state index in [9.17, 15) is 18.0 Å². The van der Waals surface area contributed by atoms with Gasteiger partial charge in [-0.2, -0.15) is 13.2 Å². The molecule has 0 aromatic carbocycles. The van der Waals surface area contributed by atoms with Crippen LogP contribution < -0.4 is 4.90 Å². The van der Waals surface area contributed by atoms with Gasteiger partial charge in [-0.15, -0.1) is 0 Å². The largest absolute Gasteiger partial charge is 0.464 e. The van der Waals surface area contributed by atoms with Crippen LogP contribution in [-0.2, 0) is 15.7 Å². The number of cyclic esters (lactones) is 1. The predicted octanol–water partition coefficient (Wildman–Crippen LogP) is 2.19. The number of carbonyl (C=O) groups excluding carboxylic acids is 1. The zero-order valence-corrected chi connectivity index (χ0v) is 12.9. The van der Waals surface area contributed by atoms with Crippen LogP contribution in [0.3, 0.4) is 0 Å². The molecule has 2 aliphatic rings. The first-order valence-corrected chi connectivity index (χ1v) is 7.62. The molecule has 2 fully saturated rings. The molecule has 0 saturated carbocycles. The van der Waals surface area contributed by atoms with Crippen molar-refractivity contribution in [2.45, 2.75) is 18.6 Å². The molecule has 1 atom stereocenters. The molecule has 126 valence electrons. The maximum Gasteiger partial charge on any atom is 0.417 e. The minimum Gasteiger partial charge on any atom is -0.464 e. The Kier molecular flexibility index (Phi) is 4.37. The minimum absolute atomic E-state index is 0.0199. The van der Waals surface area contributed by atoms with Crippen molar-refractivity contribution in [2.75, 3.05) is 37.7 Å². The molecule has 2 saturated heterocycles. The Labute approximate surface area is 136 Å². The van der Waals surface area contributed by atoms with Gasteiger partial charge in [-0.05, 0) is 6.07 Å². The van der Waals surface area contributed by atoms with Crippen LogP contribution in [0.1, 0.15) is 12.0 Å². The minimum atomic E-state index is -4.46. The first kappa shape index (κ1) is 16.3. The van der Waals surface area contributed by atoms with Gasteiger partial charge < -0.3 is 9.64 Å². The molecular formula is C14H15ClF3N3O2. The lowest BCUT2D eigenvalue weighted by atomic mass is 10.2. The van der Waals surface area contributed by atoms with E-state index in [-0.39, 0.29) is 17.0 Å². The van der Waals surface area contributed by atoms with Crippen molar-refractivity contribution in [3.8, 4) is 0 Å². The predicted molar refractivity (Wildman–Crippen MR) is 77.4 cm³/mol. The molecule has 0 spiro atoms. The van der Waals surface area contributed by atoms with Gasteiger partial charge in [0, 0.05) is 38.8 Å². The number of anilines is 1. The maximum atomic E-state index is 12.6. The van der Waals surface area contributed by atoms with Crippen LogP contribution in [0.25, 0.3) is 0 Å². The fraction of sp³-hybridized carbons (Fsp3) is 0.571. The van der Waals surface area contributed by atoms with Crippen LogP contribution in [-0.4, -0.2) is 54.7 Å². The highest BCUT2D eigenvalue weighted by Crippen LogP contribution is 2.33. The topological polar surface area (TPSA) is 45.7 Å². The van der Waals surface area contributed by atoms with Gasteiger partial charge in [-0.1, -0.05) is 11.6 Å². The highest BCUT2D eigenvalue weighted by Gasteiger charge is 2.35. The second-order valence-corrected chi connectivity index (χ2v) is 5.93. The van der Waals surface area contributed by atoms with Crippen molar-refractivity contribution in [3.05, 3.63) is 22.8 Å². The number of nitrogens with zero attached hydrogens (tertiary/aromatic N) is 3. The molecule has 1 aromatic heterocycles. The number of hydrogen-bond donors (Lipinski definition) is 0. The number of pyridine rings is 1. The number of rotatable bonds is 2. The number of alkyl halides is 3. The van der Waals surface area contributed by atoms with Gasteiger partial charge in [-0.3, -0.25) is 9.69 Å². The van der Waals surface area contributed by atoms with Gasteiger partial charge >= 0.3 is 12.1 Å². The Morgan fingerprint density at radius 2 is 1.96 bits per heavy atom. The molecule has 0 N–H and O–H groups in total. The lowest BCUT2D eigenvalue weighted by molar-refractivity contribution is -0.142. The van der Waals surface area contributed by atoms with Crippen LogP contribution >= 0.6 is 11.6 Å².